The summed E-state index contributed by atoms with van der Waals surface area (Å²) in [5.41, 5.74) is 0. The summed E-state index contributed by atoms with van der Waals surface area (Å²) in [7, 11) is 0. The van der Waals surface area contributed by atoms with Gasteiger partial charge in [0.1, 0.15) is 12.7 Å². The number of carbonyl (C=O) groups is 1. The highest BCUT2D eigenvalue weighted by molar-refractivity contribution is 5.59. The number of rotatable bonds is 4. The van der Waals surface area contributed by atoms with Gasteiger partial charge in [0, 0.05) is 0 Å². The zero-order valence-corrected chi connectivity index (χ0v) is 9.89. The molecule has 5 heteroatoms. The van der Waals surface area contributed by atoms with Crippen LogP contribution in [-0.2, 0) is 18.9 Å². The molecule has 0 saturated carbocycles. The molecule has 0 aromatic heterocycles. The van der Waals surface area contributed by atoms with Gasteiger partial charge in [0.05, 0.1) is 13.2 Å². The quantitative estimate of drug-likeness (QED) is 0.545. The summed E-state index contributed by atoms with van der Waals surface area (Å²) in [4.78, 5) is 10.8. The van der Waals surface area contributed by atoms with E-state index in [1.54, 1.807) is 13.0 Å². The van der Waals surface area contributed by atoms with Gasteiger partial charge in [-0.05, 0) is 26.8 Å². The van der Waals surface area contributed by atoms with Crippen LogP contribution in [0.5, 0.6) is 0 Å². The smallest absolute Gasteiger partial charge is 0.435 e. The highest BCUT2D eigenvalue weighted by atomic mass is 16.7. The Hall–Kier alpha value is -1.07. The predicted molar refractivity (Wildman–Crippen MR) is 57.0 cm³/mol. The van der Waals surface area contributed by atoms with Crippen molar-refractivity contribution in [2.45, 2.75) is 32.7 Å². The average Bonchev–Trinajstić information content (AvgIpc) is 2.54. The average molecular weight is 230 g/mol. The van der Waals surface area contributed by atoms with E-state index < -0.39 is 11.9 Å². The van der Waals surface area contributed by atoms with Crippen LogP contribution in [0, 0.1) is 0 Å². The van der Waals surface area contributed by atoms with Gasteiger partial charge >= 0.3 is 6.16 Å². The summed E-state index contributed by atoms with van der Waals surface area (Å²) in [5, 5.41) is 0. The van der Waals surface area contributed by atoms with Crippen molar-refractivity contribution < 1.29 is 23.7 Å². The first-order valence-electron chi connectivity index (χ1n) is 5.31. The normalized spacial score (nSPS) is 23.6. The van der Waals surface area contributed by atoms with E-state index >= 15 is 0 Å². The molecule has 92 valence electrons. The van der Waals surface area contributed by atoms with Crippen molar-refractivity contribution in [3.63, 3.8) is 0 Å². The van der Waals surface area contributed by atoms with Crippen molar-refractivity contribution in [1.29, 1.82) is 0 Å². The lowest BCUT2D eigenvalue weighted by Crippen LogP contribution is -2.20. The number of carbonyl (C=O) groups excluding carboxylic acids is 1. The summed E-state index contributed by atoms with van der Waals surface area (Å²) >= 11 is 0. The predicted octanol–water partition coefficient (Wildman–Crippen LogP) is 1.87. The van der Waals surface area contributed by atoms with E-state index in [1.165, 1.54) is 0 Å². The van der Waals surface area contributed by atoms with E-state index in [1.807, 2.05) is 19.9 Å². The molecule has 0 unspecified atom stereocenters. The van der Waals surface area contributed by atoms with Crippen molar-refractivity contribution in [2.75, 3.05) is 19.8 Å². The van der Waals surface area contributed by atoms with Crippen molar-refractivity contribution in [3.05, 3.63) is 12.2 Å². The Morgan fingerprint density at radius 2 is 2.25 bits per heavy atom. The van der Waals surface area contributed by atoms with Crippen LogP contribution in [0.15, 0.2) is 12.2 Å². The van der Waals surface area contributed by atoms with Gasteiger partial charge < -0.3 is 18.9 Å². The van der Waals surface area contributed by atoms with Crippen LogP contribution in [-0.4, -0.2) is 37.9 Å². The minimum Gasteiger partial charge on any atom is -0.435 e. The molecule has 1 saturated heterocycles. The molecule has 0 aromatic carbocycles. The Morgan fingerprint density at radius 1 is 1.50 bits per heavy atom. The molecule has 1 aliphatic heterocycles. The van der Waals surface area contributed by atoms with Crippen molar-refractivity contribution in [1.82, 2.24) is 0 Å². The molecule has 1 rings (SSSR count). The third-order valence-corrected chi connectivity index (χ3v) is 1.94. The van der Waals surface area contributed by atoms with Gasteiger partial charge in [0.25, 0.3) is 0 Å². The maximum Gasteiger partial charge on any atom is 0.508 e. The molecule has 0 N–H and O–H groups in total. The van der Waals surface area contributed by atoms with Gasteiger partial charge in [0.15, 0.2) is 5.79 Å². The van der Waals surface area contributed by atoms with E-state index in [4.69, 9.17) is 14.2 Å². The summed E-state index contributed by atoms with van der Waals surface area (Å²) in [6.45, 7) is 6.45. The SMILES string of the molecule is CCOC(=O)OC/C=C/[C@H]1COC(C)(C)O1. The van der Waals surface area contributed by atoms with Crippen LogP contribution < -0.4 is 0 Å². The first-order chi connectivity index (χ1) is 7.53. The van der Waals surface area contributed by atoms with Gasteiger partial charge in [-0.15, -0.1) is 0 Å². The molecule has 0 radical (unpaired) electrons. The van der Waals surface area contributed by atoms with Gasteiger partial charge in [-0.3, -0.25) is 0 Å². The lowest BCUT2D eigenvalue weighted by molar-refractivity contribution is -0.133. The topological polar surface area (TPSA) is 54.0 Å². The van der Waals surface area contributed by atoms with Crippen LogP contribution in [0.2, 0.25) is 0 Å². The standard InChI is InChI=1S/C11H18O5/c1-4-13-10(12)14-7-5-6-9-8-15-11(2,3)16-9/h5-6,9H,4,7-8H2,1-3H3/b6-5+/t9-/m0/s1. The molecular formula is C11H18O5. The molecule has 0 spiro atoms. The number of ether oxygens (including phenoxy) is 4. The van der Waals surface area contributed by atoms with Gasteiger partial charge in [-0.2, -0.15) is 0 Å². The van der Waals surface area contributed by atoms with E-state index in [0.717, 1.165) is 0 Å². The first kappa shape index (κ1) is 13.0. The maximum atomic E-state index is 10.8. The van der Waals surface area contributed by atoms with Crippen molar-refractivity contribution in [2.24, 2.45) is 0 Å². The van der Waals surface area contributed by atoms with E-state index in [-0.39, 0.29) is 12.7 Å². The highest BCUT2D eigenvalue weighted by Crippen LogP contribution is 2.22. The summed E-state index contributed by atoms with van der Waals surface area (Å²) in [6.07, 6.45) is 2.79. The lowest BCUT2D eigenvalue weighted by Gasteiger charge is -2.15. The van der Waals surface area contributed by atoms with Gasteiger partial charge in [-0.1, -0.05) is 6.08 Å². The molecule has 0 amide bonds. The molecule has 1 atom stereocenters. The second kappa shape index (κ2) is 5.86. The number of hydrogen-bond donors (Lipinski definition) is 0. The molecule has 1 aliphatic rings. The second-order valence-electron chi connectivity index (χ2n) is 3.79. The Kier molecular flexibility index (Phi) is 4.76. The van der Waals surface area contributed by atoms with Crippen LogP contribution in [0.1, 0.15) is 20.8 Å². The number of hydrogen-bond acceptors (Lipinski definition) is 5. The van der Waals surface area contributed by atoms with Gasteiger partial charge in [-0.25, -0.2) is 4.79 Å². The van der Waals surface area contributed by atoms with Gasteiger partial charge in [0.2, 0.25) is 0 Å². The third-order valence-electron chi connectivity index (χ3n) is 1.94. The minimum absolute atomic E-state index is 0.0826. The van der Waals surface area contributed by atoms with Crippen molar-refractivity contribution >= 4 is 6.16 Å². The fraction of sp³-hybridized carbons (Fsp3) is 0.727. The Balaban J connectivity index is 2.16. The van der Waals surface area contributed by atoms with Crippen LogP contribution in [0.4, 0.5) is 4.79 Å². The molecule has 0 bridgehead atoms. The van der Waals surface area contributed by atoms with Crippen molar-refractivity contribution in [3.8, 4) is 0 Å². The first-order valence-corrected chi connectivity index (χ1v) is 5.31. The van der Waals surface area contributed by atoms with E-state index in [9.17, 15) is 4.79 Å². The van der Waals surface area contributed by atoms with Crippen LogP contribution in [0.3, 0.4) is 0 Å². The fourth-order valence-electron chi connectivity index (χ4n) is 1.29. The summed E-state index contributed by atoms with van der Waals surface area (Å²) in [5.74, 6) is -0.531. The second-order valence-corrected chi connectivity index (χ2v) is 3.79. The molecular weight excluding hydrogens is 212 g/mol. The molecule has 5 nitrogen and oxygen atoms in total. The van der Waals surface area contributed by atoms with E-state index in [0.29, 0.717) is 13.2 Å². The summed E-state index contributed by atoms with van der Waals surface area (Å²) in [6, 6.07) is 0. The Labute approximate surface area is 95.3 Å². The highest BCUT2D eigenvalue weighted by Gasteiger charge is 2.30. The minimum atomic E-state index is -0.656. The molecule has 0 aliphatic carbocycles. The fourth-order valence-corrected chi connectivity index (χ4v) is 1.29. The van der Waals surface area contributed by atoms with Crippen LogP contribution >= 0.6 is 0 Å². The lowest BCUT2D eigenvalue weighted by atomic mass is 10.3. The van der Waals surface area contributed by atoms with Crippen LogP contribution in [0.25, 0.3) is 0 Å². The third kappa shape index (κ3) is 4.63. The zero-order chi connectivity index (χ0) is 12.0. The molecule has 1 fully saturated rings. The Morgan fingerprint density at radius 3 is 2.81 bits per heavy atom. The summed E-state index contributed by atoms with van der Waals surface area (Å²) < 4.78 is 20.2. The maximum absolute atomic E-state index is 10.8. The van der Waals surface area contributed by atoms with E-state index in [2.05, 4.69) is 4.74 Å². The molecule has 1 heterocycles. The Bertz CT molecular complexity index is 259. The zero-order valence-electron chi connectivity index (χ0n) is 9.89. The monoisotopic (exact) mass is 230 g/mol. The molecule has 0 aromatic rings. The largest absolute Gasteiger partial charge is 0.508 e. The molecule has 16 heavy (non-hydrogen) atoms.